The summed E-state index contributed by atoms with van der Waals surface area (Å²) in [5.41, 5.74) is 3.58. The molecular formula is C27H21BrCl2F2N3O6PS. The molecule has 0 saturated heterocycles. The molecule has 0 fully saturated rings. The van der Waals surface area contributed by atoms with Gasteiger partial charge in [-0.1, -0.05) is 63.4 Å². The normalized spacial score (nSPS) is 11.3. The van der Waals surface area contributed by atoms with Crippen LogP contribution in [-0.2, 0) is 41.1 Å². The molecule has 0 bridgehead atoms. The van der Waals surface area contributed by atoms with Crippen molar-refractivity contribution in [3.8, 4) is 11.3 Å². The number of carbonyl (C=O) groups is 2. The highest BCUT2D eigenvalue weighted by molar-refractivity contribution is 9.10. The molecule has 1 aromatic heterocycles. The molecule has 1 amide bonds. The molecule has 0 aliphatic heterocycles. The zero-order chi connectivity index (χ0) is 31.1. The number of rotatable bonds is 11. The lowest BCUT2D eigenvalue weighted by Crippen LogP contribution is -2.24. The molecule has 0 radical (unpaired) electrons. The van der Waals surface area contributed by atoms with Crippen LogP contribution in [-0.4, -0.2) is 23.5 Å². The van der Waals surface area contributed by atoms with Crippen LogP contribution in [0.2, 0.25) is 10.0 Å². The molecule has 0 aliphatic carbocycles. The van der Waals surface area contributed by atoms with Crippen LogP contribution in [0.3, 0.4) is 0 Å². The second-order valence-corrected chi connectivity index (χ2v) is 13.1. The maximum atomic E-state index is 12.6. The zero-order valence-corrected chi connectivity index (χ0v) is 26.9. The van der Waals surface area contributed by atoms with Crippen molar-refractivity contribution in [3.05, 3.63) is 91.7 Å². The number of hydrogen-bond acceptors (Lipinski definition) is 9. The number of halogens is 5. The van der Waals surface area contributed by atoms with Crippen LogP contribution in [0.4, 0.5) is 25.6 Å². The van der Waals surface area contributed by atoms with Gasteiger partial charge in [0.2, 0.25) is 0 Å². The number of esters is 1. The number of anilines is 3. The molecule has 0 spiro atoms. The number of hydrogen-bond donors (Lipinski definition) is 1. The fourth-order valence-electron chi connectivity index (χ4n) is 3.81. The second kappa shape index (κ2) is 14.7. The third kappa shape index (κ3) is 8.39. The Bertz CT molecular complexity index is 1670. The van der Waals surface area contributed by atoms with Gasteiger partial charge in [-0.3, -0.25) is 9.36 Å². The van der Waals surface area contributed by atoms with Gasteiger partial charge in [-0.25, -0.2) is 9.78 Å². The highest BCUT2D eigenvalue weighted by Gasteiger charge is 2.29. The standard InChI is InChI=1S/C27H21BrCl2F2N3O6PS/c1-2-39-26(37)25(36)33-19-7-5-17(6-8-19)24-15-43-27(34-24)35(20-9-10-22(29)23(30)12-20)13-16-3-4-18(21(28)11-16)14-42(38,40-31)41-32/h3-12,15H,2,13-14H2,1H3,(H,33,36). The first-order valence-corrected chi connectivity index (χ1v) is 16.4. The molecule has 0 unspecified atom stereocenters. The summed E-state index contributed by atoms with van der Waals surface area (Å²) in [4.78, 5) is 30.2. The second-order valence-electron chi connectivity index (χ2n) is 8.78. The first-order valence-electron chi connectivity index (χ1n) is 12.3. The molecule has 0 aliphatic rings. The van der Waals surface area contributed by atoms with Crippen molar-refractivity contribution in [1.82, 2.24) is 4.98 Å². The van der Waals surface area contributed by atoms with E-state index >= 15 is 0 Å². The Morgan fingerprint density at radius 1 is 1.05 bits per heavy atom. The van der Waals surface area contributed by atoms with Crippen LogP contribution in [0.1, 0.15) is 18.1 Å². The SMILES string of the molecule is CCOC(=O)C(=O)Nc1ccc(-c2csc(N(Cc3ccc(CP(=O)(OF)OF)c(Br)c3)c3ccc(Cl)c(Cl)c3)n2)cc1. The van der Waals surface area contributed by atoms with E-state index in [2.05, 4.69) is 30.7 Å². The maximum Gasteiger partial charge on any atom is 0.399 e. The average molecular weight is 735 g/mol. The van der Waals surface area contributed by atoms with Gasteiger partial charge in [0.1, 0.15) is 0 Å². The summed E-state index contributed by atoms with van der Waals surface area (Å²) >= 11 is 17.2. The highest BCUT2D eigenvalue weighted by Crippen LogP contribution is 2.53. The van der Waals surface area contributed by atoms with Crippen molar-refractivity contribution in [1.29, 1.82) is 0 Å². The molecule has 16 heteroatoms. The number of carbonyl (C=O) groups excluding carboxylic acids is 2. The first-order chi connectivity index (χ1) is 20.6. The molecule has 0 saturated carbocycles. The lowest BCUT2D eigenvalue weighted by atomic mass is 10.1. The molecule has 1 N–H and O–H groups in total. The predicted octanol–water partition coefficient (Wildman–Crippen LogP) is 9.21. The zero-order valence-electron chi connectivity index (χ0n) is 22.1. The van der Waals surface area contributed by atoms with E-state index < -0.39 is 25.6 Å². The van der Waals surface area contributed by atoms with Gasteiger partial charge in [-0.2, -0.15) is 0 Å². The van der Waals surface area contributed by atoms with Gasteiger partial charge in [-0.15, -0.1) is 20.8 Å². The summed E-state index contributed by atoms with van der Waals surface area (Å²) in [6.45, 7) is 1.99. The van der Waals surface area contributed by atoms with Crippen molar-refractivity contribution in [2.24, 2.45) is 0 Å². The van der Waals surface area contributed by atoms with E-state index in [-0.39, 0.29) is 6.61 Å². The van der Waals surface area contributed by atoms with Crippen molar-refractivity contribution in [3.63, 3.8) is 0 Å². The molecule has 43 heavy (non-hydrogen) atoms. The lowest BCUT2D eigenvalue weighted by Gasteiger charge is -2.23. The minimum absolute atomic E-state index is 0.0914. The quantitative estimate of drug-likeness (QED) is 0.0924. The van der Waals surface area contributed by atoms with Crippen LogP contribution in [0, 0.1) is 0 Å². The number of benzene rings is 3. The van der Waals surface area contributed by atoms with Crippen LogP contribution in [0.15, 0.2) is 70.5 Å². The predicted molar refractivity (Wildman–Crippen MR) is 165 cm³/mol. The Hall–Kier alpha value is -2.90. The van der Waals surface area contributed by atoms with Crippen molar-refractivity contribution < 1.29 is 37.4 Å². The summed E-state index contributed by atoms with van der Waals surface area (Å²) in [5, 5.41) is 5.66. The molecular weight excluding hydrogens is 714 g/mol. The summed E-state index contributed by atoms with van der Waals surface area (Å²) < 4.78 is 48.7. The van der Waals surface area contributed by atoms with Crippen LogP contribution in [0.25, 0.3) is 11.3 Å². The minimum Gasteiger partial charge on any atom is -0.459 e. The molecule has 4 rings (SSSR count). The minimum atomic E-state index is -4.57. The number of nitrogens with zero attached hydrogens (tertiary/aromatic N) is 2. The Morgan fingerprint density at radius 3 is 2.40 bits per heavy atom. The summed E-state index contributed by atoms with van der Waals surface area (Å²) in [7, 11) is -4.57. The van der Waals surface area contributed by atoms with Crippen molar-refractivity contribution in [2.75, 3.05) is 16.8 Å². The molecule has 1 heterocycles. The third-order valence-electron chi connectivity index (χ3n) is 5.87. The molecule has 226 valence electrons. The summed E-state index contributed by atoms with van der Waals surface area (Å²) in [5.74, 6) is -1.84. The van der Waals surface area contributed by atoms with E-state index in [0.29, 0.717) is 48.8 Å². The largest absolute Gasteiger partial charge is 0.459 e. The van der Waals surface area contributed by atoms with Gasteiger partial charge in [0, 0.05) is 26.8 Å². The third-order valence-corrected chi connectivity index (χ3v) is 9.36. The van der Waals surface area contributed by atoms with E-state index in [4.69, 9.17) is 32.9 Å². The Balaban J connectivity index is 1.60. The van der Waals surface area contributed by atoms with Crippen molar-refractivity contribution in [2.45, 2.75) is 19.6 Å². The highest BCUT2D eigenvalue weighted by atomic mass is 79.9. The smallest absolute Gasteiger partial charge is 0.399 e. The Labute approximate surface area is 267 Å². The van der Waals surface area contributed by atoms with Gasteiger partial charge >= 0.3 is 19.5 Å². The fourth-order valence-corrected chi connectivity index (χ4v) is 6.56. The summed E-state index contributed by atoms with van der Waals surface area (Å²) in [6, 6.07) is 16.9. The number of amides is 1. The molecule has 4 aromatic rings. The number of thiazole rings is 1. The van der Waals surface area contributed by atoms with E-state index in [9.17, 15) is 23.2 Å². The van der Waals surface area contributed by atoms with Crippen LogP contribution < -0.4 is 10.2 Å². The van der Waals surface area contributed by atoms with Crippen LogP contribution >= 0.6 is 58.1 Å². The van der Waals surface area contributed by atoms with E-state index in [0.717, 1.165) is 11.1 Å². The average Bonchev–Trinajstić information content (AvgIpc) is 3.49. The number of ether oxygens (including phenoxy) is 1. The lowest BCUT2D eigenvalue weighted by molar-refractivity contribution is -0.152. The molecule has 9 nitrogen and oxygen atoms in total. The van der Waals surface area contributed by atoms with Gasteiger partial charge in [0.15, 0.2) is 5.13 Å². The summed E-state index contributed by atoms with van der Waals surface area (Å²) in [6.07, 6.45) is -0.626. The Kier molecular flexibility index (Phi) is 11.3. The van der Waals surface area contributed by atoms with Crippen LogP contribution in [0.5, 0.6) is 0 Å². The van der Waals surface area contributed by atoms with Crippen molar-refractivity contribution >= 4 is 86.4 Å². The molecule has 0 atom stereocenters. The maximum absolute atomic E-state index is 12.6. The first kappa shape index (κ1) is 33.0. The van der Waals surface area contributed by atoms with Gasteiger partial charge < -0.3 is 15.0 Å². The van der Waals surface area contributed by atoms with E-state index in [1.165, 1.54) is 11.3 Å². The number of nitrogens with one attached hydrogen (secondary N) is 1. The van der Waals surface area contributed by atoms with Gasteiger partial charge in [0.25, 0.3) is 0 Å². The van der Waals surface area contributed by atoms with Gasteiger partial charge in [0.05, 0.1) is 35.1 Å². The molecule has 3 aromatic carbocycles. The van der Waals surface area contributed by atoms with E-state index in [1.54, 1.807) is 67.6 Å². The Morgan fingerprint density at radius 2 is 1.77 bits per heavy atom. The number of aromatic nitrogens is 1. The van der Waals surface area contributed by atoms with Gasteiger partial charge in [-0.05, 0) is 63.5 Å². The fraction of sp³-hybridized carbons (Fsp3) is 0.148. The monoisotopic (exact) mass is 733 g/mol. The van der Waals surface area contributed by atoms with E-state index in [1.807, 2.05) is 10.3 Å². The topological polar surface area (TPSA) is 107 Å².